The van der Waals surface area contributed by atoms with E-state index in [2.05, 4.69) is 5.32 Å². The number of halogens is 1. The minimum Gasteiger partial charge on any atom is -0.481 e. The Labute approximate surface area is 110 Å². The number of carboxylic acids is 1. The van der Waals surface area contributed by atoms with Crippen LogP contribution in [-0.4, -0.2) is 42.0 Å². The molecule has 0 spiro atoms. The first-order valence-corrected chi connectivity index (χ1v) is 5.81. The van der Waals surface area contributed by atoms with E-state index >= 15 is 0 Å². The quantitative estimate of drug-likeness (QED) is 0.825. The Hall–Kier alpha value is -1.59. The fourth-order valence-corrected chi connectivity index (χ4v) is 1.55. The van der Waals surface area contributed by atoms with Crippen LogP contribution in [-0.2, 0) is 9.59 Å². The number of anilines is 1. The third kappa shape index (κ3) is 5.16. The molecular formula is C12H15ClN2O3. The second-order valence-corrected chi connectivity index (χ2v) is 4.32. The lowest BCUT2D eigenvalue weighted by atomic mass is 10.3. The summed E-state index contributed by atoms with van der Waals surface area (Å²) in [6, 6.07) is 6.94. The predicted molar refractivity (Wildman–Crippen MR) is 69.8 cm³/mol. The van der Waals surface area contributed by atoms with Crippen molar-refractivity contribution in [3.63, 3.8) is 0 Å². The molecule has 0 unspecified atom stereocenters. The van der Waals surface area contributed by atoms with Crippen LogP contribution < -0.4 is 5.32 Å². The molecule has 0 bridgehead atoms. The first kappa shape index (κ1) is 14.5. The summed E-state index contributed by atoms with van der Waals surface area (Å²) in [6.45, 7) is 0.448. The minimum atomic E-state index is -0.881. The number of para-hydroxylation sites is 1. The third-order valence-corrected chi connectivity index (χ3v) is 2.60. The van der Waals surface area contributed by atoms with Gasteiger partial charge in [-0.3, -0.25) is 14.5 Å². The number of carbonyl (C=O) groups excluding carboxylic acids is 1. The number of aliphatic carboxylic acids is 1. The lowest BCUT2D eigenvalue weighted by molar-refractivity contribution is -0.137. The molecule has 1 rings (SSSR count). The van der Waals surface area contributed by atoms with Gasteiger partial charge in [0.15, 0.2) is 0 Å². The molecule has 0 aliphatic carbocycles. The normalized spacial score (nSPS) is 10.4. The van der Waals surface area contributed by atoms with Crippen LogP contribution in [0.2, 0.25) is 5.02 Å². The largest absolute Gasteiger partial charge is 0.481 e. The Morgan fingerprint density at radius 3 is 2.67 bits per heavy atom. The number of amides is 1. The van der Waals surface area contributed by atoms with Crippen LogP contribution in [0.1, 0.15) is 6.42 Å². The fraction of sp³-hybridized carbons (Fsp3) is 0.333. The van der Waals surface area contributed by atoms with Crippen LogP contribution in [0.4, 0.5) is 5.69 Å². The molecule has 1 amide bonds. The Morgan fingerprint density at radius 1 is 1.39 bits per heavy atom. The number of nitrogens with one attached hydrogen (secondary N) is 1. The van der Waals surface area contributed by atoms with Gasteiger partial charge in [-0.05, 0) is 19.2 Å². The topological polar surface area (TPSA) is 69.6 Å². The molecule has 98 valence electrons. The smallest absolute Gasteiger partial charge is 0.304 e. The van der Waals surface area contributed by atoms with Gasteiger partial charge in [0.1, 0.15) is 0 Å². The number of rotatable bonds is 6. The van der Waals surface area contributed by atoms with E-state index in [0.29, 0.717) is 17.3 Å². The summed E-state index contributed by atoms with van der Waals surface area (Å²) >= 11 is 5.90. The maximum atomic E-state index is 11.7. The van der Waals surface area contributed by atoms with Crippen molar-refractivity contribution in [2.45, 2.75) is 6.42 Å². The molecule has 18 heavy (non-hydrogen) atoms. The van der Waals surface area contributed by atoms with Crippen LogP contribution in [0.15, 0.2) is 24.3 Å². The van der Waals surface area contributed by atoms with Crippen LogP contribution in [0.25, 0.3) is 0 Å². The number of carbonyl (C=O) groups is 2. The first-order chi connectivity index (χ1) is 8.49. The van der Waals surface area contributed by atoms with E-state index in [1.54, 1.807) is 36.2 Å². The van der Waals surface area contributed by atoms with Gasteiger partial charge in [0.2, 0.25) is 5.91 Å². The molecule has 0 atom stereocenters. The highest BCUT2D eigenvalue weighted by Gasteiger charge is 2.09. The van der Waals surface area contributed by atoms with Crippen molar-refractivity contribution < 1.29 is 14.7 Å². The number of likely N-dealkylation sites (N-methyl/N-ethyl adjacent to an activating group) is 1. The van der Waals surface area contributed by atoms with Gasteiger partial charge >= 0.3 is 5.97 Å². The van der Waals surface area contributed by atoms with Crippen molar-refractivity contribution >= 4 is 29.2 Å². The molecule has 0 saturated heterocycles. The van der Waals surface area contributed by atoms with Gasteiger partial charge < -0.3 is 10.4 Å². The molecule has 2 N–H and O–H groups in total. The second-order valence-electron chi connectivity index (χ2n) is 3.91. The standard InChI is InChI=1S/C12H15ClN2O3/c1-15(7-6-12(17)18)8-11(16)14-10-5-3-2-4-9(10)13/h2-5H,6-8H2,1H3,(H,14,16)(H,17,18). The van der Waals surface area contributed by atoms with Crippen molar-refractivity contribution in [1.29, 1.82) is 0 Å². The van der Waals surface area contributed by atoms with E-state index in [-0.39, 0.29) is 18.9 Å². The number of hydrogen-bond acceptors (Lipinski definition) is 3. The molecule has 1 aromatic carbocycles. The molecule has 0 saturated carbocycles. The highest BCUT2D eigenvalue weighted by atomic mass is 35.5. The molecule has 0 aliphatic heterocycles. The molecule has 0 aliphatic rings. The summed E-state index contributed by atoms with van der Waals surface area (Å²) < 4.78 is 0. The van der Waals surface area contributed by atoms with Gasteiger partial charge in [0.25, 0.3) is 0 Å². The highest BCUT2D eigenvalue weighted by molar-refractivity contribution is 6.33. The maximum absolute atomic E-state index is 11.7. The minimum absolute atomic E-state index is 0.00979. The molecular weight excluding hydrogens is 256 g/mol. The summed E-state index contributed by atoms with van der Waals surface area (Å²) in [4.78, 5) is 23.7. The fourth-order valence-electron chi connectivity index (χ4n) is 1.36. The monoisotopic (exact) mass is 270 g/mol. The molecule has 0 heterocycles. The van der Waals surface area contributed by atoms with E-state index in [9.17, 15) is 9.59 Å². The van der Waals surface area contributed by atoms with Crippen LogP contribution in [0, 0.1) is 0 Å². The lowest BCUT2D eigenvalue weighted by Gasteiger charge is -2.15. The maximum Gasteiger partial charge on any atom is 0.304 e. The SMILES string of the molecule is CN(CCC(=O)O)CC(=O)Nc1ccccc1Cl. The Balaban J connectivity index is 2.42. The molecule has 0 radical (unpaired) electrons. The van der Waals surface area contributed by atoms with Crippen molar-refractivity contribution in [3.8, 4) is 0 Å². The van der Waals surface area contributed by atoms with E-state index in [0.717, 1.165) is 0 Å². The number of nitrogens with zero attached hydrogens (tertiary/aromatic N) is 1. The van der Waals surface area contributed by atoms with Gasteiger partial charge in [-0.15, -0.1) is 0 Å². The van der Waals surface area contributed by atoms with Crippen LogP contribution in [0.5, 0.6) is 0 Å². The number of carboxylic acid groups (broad SMARTS) is 1. The zero-order valence-corrected chi connectivity index (χ0v) is 10.8. The summed E-state index contributed by atoms with van der Waals surface area (Å²) in [5.41, 5.74) is 0.552. The van der Waals surface area contributed by atoms with Gasteiger partial charge in [-0.1, -0.05) is 23.7 Å². The average Bonchev–Trinajstić information content (AvgIpc) is 2.29. The van der Waals surface area contributed by atoms with Crippen LogP contribution in [0.3, 0.4) is 0 Å². The van der Waals surface area contributed by atoms with E-state index in [1.807, 2.05) is 0 Å². The van der Waals surface area contributed by atoms with Crippen LogP contribution >= 0.6 is 11.6 Å². The van der Waals surface area contributed by atoms with E-state index in [1.165, 1.54) is 0 Å². The summed E-state index contributed by atoms with van der Waals surface area (Å²) in [5.74, 6) is -1.11. The third-order valence-electron chi connectivity index (χ3n) is 2.27. The Morgan fingerprint density at radius 2 is 2.06 bits per heavy atom. The number of hydrogen-bond donors (Lipinski definition) is 2. The summed E-state index contributed by atoms with van der Waals surface area (Å²) in [7, 11) is 1.69. The van der Waals surface area contributed by atoms with E-state index in [4.69, 9.17) is 16.7 Å². The van der Waals surface area contributed by atoms with Crippen molar-refractivity contribution in [2.24, 2.45) is 0 Å². The van der Waals surface area contributed by atoms with Crippen molar-refractivity contribution in [1.82, 2.24) is 4.90 Å². The molecule has 6 heteroatoms. The second kappa shape index (κ2) is 6.98. The molecule has 0 aromatic heterocycles. The van der Waals surface area contributed by atoms with Gasteiger partial charge in [0, 0.05) is 6.54 Å². The number of benzene rings is 1. The first-order valence-electron chi connectivity index (χ1n) is 5.43. The summed E-state index contributed by atoms with van der Waals surface area (Å²) in [5, 5.41) is 11.7. The van der Waals surface area contributed by atoms with Crippen molar-refractivity contribution in [2.75, 3.05) is 25.5 Å². The highest BCUT2D eigenvalue weighted by Crippen LogP contribution is 2.20. The van der Waals surface area contributed by atoms with Gasteiger partial charge in [-0.2, -0.15) is 0 Å². The zero-order chi connectivity index (χ0) is 13.5. The van der Waals surface area contributed by atoms with Gasteiger partial charge in [-0.25, -0.2) is 0 Å². The lowest BCUT2D eigenvalue weighted by Crippen LogP contribution is -2.31. The average molecular weight is 271 g/mol. The molecule has 0 fully saturated rings. The molecule has 5 nitrogen and oxygen atoms in total. The van der Waals surface area contributed by atoms with Crippen molar-refractivity contribution in [3.05, 3.63) is 29.3 Å². The van der Waals surface area contributed by atoms with E-state index < -0.39 is 5.97 Å². The Kier molecular flexibility index (Phi) is 5.61. The predicted octanol–water partition coefficient (Wildman–Crippen LogP) is 1.68. The zero-order valence-electron chi connectivity index (χ0n) is 10.0. The van der Waals surface area contributed by atoms with Gasteiger partial charge in [0.05, 0.1) is 23.7 Å². The Bertz CT molecular complexity index is 437. The molecule has 1 aromatic rings. The summed E-state index contributed by atoms with van der Waals surface area (Å²) in [6.07, 6.45) is 0.00979.